The molecule has 1 N–H and O–H groups in total. The van der Waals surface area contributed by atoms with Crippen LogP contribution in [0.4, 0.5) is 0 Å². The number of rotatable bonds is 3. The molecule has 2 heteroatoms. The van der Waals surface area contributed by atoms with Gasteiger partial charge in [-0.25, -0.2) is 0 Å². The van der Waals surface area contributed by atoms with Crippen molar-refractivity contribution in [2.24, 2.45) is 5.92 Å². The maximum atomic E-state index is 6.08. The molecule has 0 unspecified atom stereocenters. The van der Waals surface area contributed by atoms with Crippen molar-refractivity contribution in [2.45, 2.75) is 26.7 Å². The molecule has 0 aromatic rings. The minimum Gasteiger partial charge on any atom is -0.316 e. The monoisotopic (exact) mass is 225 g/mol. The molecule has 84 valence electrons. The van der Waals surface area contributed by atoms with Gasteiger partial charge in [0.25, 0.3) is 0 Å². The van der Waals surface area contributed by atoms with Crippen molar-refractivity contribution in [3.8, 4) is 0 Å². The molecule has 1 atom stereocenters. The van der Waals surface area contributed by atoms with Crippen LogP contribution in [0, 0.1) is 5.92 Å². The van der Waals surface area contributed by atoms with Gasteiger partial charge in [0, 0.05) is 11.6 Å². The Hall–Kier alpha value is -0.530. The summed E-state index contributed by atoms with van der Waals surface area (Å²) in [6, 6.07) is 0. The van der Waals surface area contributed by atoms with E-state index < -0.39 is 0 Å². The van der Waals surface area contributed by atoms with Crippen LogP contribution in [0.1, 0.15) is 26.7 Å². The maximum Gasteiger partial charge on any atom is 0.0431 e. The molecule has 1 aliphatic rings. The zero-order chi connectivity index (χ0) is 11.1. The number of hydrogen-bond acceptors (Lipinski definition) is 1. The first-order valence-electron chi connectivity index (χ1n) is 5.62. The summed E-state index contributed by atoms with van der Waals surface area (Å²) in [5, 5.41) is 4.23. The molecular formula is C13H20ClN. The number of hydrogen-bond donors (Lipinski definition) is 1. The van der Waals surface area contributed by atoms with Crippen LogP contribution in [0.15, 0.2) is 34.9 Å². The minimum atomic E-state index is 0.670. The highest BCUT2D eigenvalue weighted by Gasteiger charge is 2.08. The van der Waals surface area contributed by atoms with Gasteiger partial charge < -0.3 is 5.32 Å². The van der Waals surface area contributed by atoms with Crippen LogP contribution >= 0.6 is 11.6 Å². The summed E-state index contributed by atoms with van der Waals surface area (Å²) in [5.74, 6) is 0.670. The fraction of sp³-hybridized carbons (Fsp3) is 0.538. The van der Waals surface area contributed by atoms with E-state index in [9.17, 15) is 0 Å². The summed E-state index contributed by atoms with van der Waals surface area (Å²) in [4.78, 5) is 0. The fourth-order valence-electron chi connectivity index (χ4n) is 1.68. The van der Waals surface area contributed by atoms with Gasteiger partial charge in [-0.3, -0.25) is 0 Å². The van der Waals surface area contributed by atoms with Crippen molar-refractivity contribution in [1.82, 2.24) is 5.32 Å². The minimum absolute atomic E-state index is 0.670. The predicted molar refractivity (Wildman–Crippen MR) is 68.1 cm³/mol. The summed E-state index contributed by atoms with van der Waals surface area (Å²) in [6.07, 6.45) is 10.9. The number of nitrogens with one attached hydrogen (secondary N) is 1. The molecule has 0 amide bonds. The SMILES string of the molecule is C\C=C/C(Cl)=C(C)\C=C\[C@H]1CCCNC1. The Labute approximate surface area is 97.9 Å². The lowest BCUT2D eigenvalue weighted by Crippen LogP contribution is -2.28. The van der Waals surface area contributed by atoms with Crippen LogP contribution < -0.4 is 5.32 Å². The second-order valence-corrected chi connectivity index (χ2v) is 4.40. The van der Waals surface area contributed by atoms with E-state index >= 15 is 0 Å². The average molecular weight is 226 g/mol. The van der Waals surface area contributed by atoms with Crippen LogP contribution in [0.25, 0.3) is 0 Å². The van der Waals surface area contributed by atoms with Crippen molar-refractivity contribution < 1.29 is 0 Å². The molecule has 0 aromatic heterocycles. The molecular weight excluding hydrogens is 206 g/mol. The molecule has 0 spiro atoms. The highest BCUT2D eigenvalue weighted by Crippen LogP contribution is 2.16. The van der Waals surface area contributed by atoms with E-state index in [-0.39, 0.29) is 0 Å². The molecule has 1 nitrogen and oxygen atoms in total. The third-order valence-electron chi connectivity index (χ3n) is 2.64. The molecule has 0 aromatic carbocycles. The molecule has 0 bridgehead atoms. The lowest BCUT2D eigenvalue weighted by molar-refractivity contribution is 0.438. The van der Waals surface area contributed by atoms with Crippen LogP contribution in [0.3, 0.4) is 0 Å². The molecule has 0 radical (unpaired) electrons. The van der Waals surface area contributed by atoms with E-state index in [1.54, 1.807) is 0 Å². The Balaban J connectivity index is 2.51. The van der Waals surface area contributed by atoms with Crippen molar-refractivity contribution in [3.05, 3.63) is 34.9 Å². The van der Waals surface area contributed by atoms with Gasteiger partial charge in [-0.05, 0) is 50.8 Å². The normalized spacial score (nSPS) is 24.9. The quantitative estimate of drug-likeness (QED) is 0.724. The molecule has 1 fully saturated rings. The van der Waals surface area contributed by atoms with E-state index in [0.29, 0.717) is 5.92 Å². The van der Waals surface area contributed by atoms with Gasteiger partial charge in [-0.2, -0.15) is 0 Å². The maximum absolute atomic E-state index is 6.08. The molecule has 0 saturated carbocycles. The number of piperidine rings is 1. The Morgan fingerprint density at radius 1 is 1.40 bits per heavy atom. The standard InChI is InChI=1S/C13H20ClN/c1-3-5-13(14)11(2)7-8-12-6-4-9-15-10-12/h3,5,7-8,12,15H,4,6,9-10H2,1-2H3/b5-3-,8-7+,13-11+/t12-/m1/s1. The summed E-state index contributed by atoms with van der Waals surface area (Å²) < 4.78 is 0. The number of allylic oxidation sites excluding steroid dienone is 5. The van der Waals surface area contributed by atoms with Crippen LogP contribution in [0.5, 0.6) is 0 Å². The Bertz CT molecular complexity index is 270. The topological polar surface area (TPSA) is 12.0 Å². The van der Waals surface area contributed by atoms with Gasteiger partial charge in [0.05, 0.1) is 0 Å². The molecule has 15 heavy (non-hydrogen) atoms. The highest BCUT2D eigenvalue weighted by atomic mass is 35.5. The largest absolute Gasteiger partial charge is 0.316 e. The second-order valence-electron chi connectivity index (χ2n) is 4.00. The lowest BCUT2D eigenvalue weighted by Gasteiger charge is -2.19. The lowest BCUT2D eigenvalue weighted by atomic mass is 9.98. The summed E-state index contributed by atoms with van der Waals surface area (Å²) >= 11 is 6.08. The number of halogens is 1. The van der Waals surface area contributed by atoms with Gasteiger partial charge in [-0.15, -0.1) is 0 Å². The molecule has 0 aliphatic carbocycles. The molecule has 1 saturated heterocycles. The Kier molecular flexibility index (Phi) is 5.74. The van der Waals surface area contributed by atoms with Gasteiger partial charge in [0.2, 0.25) is 0 Å². The van der Waals surface area contributed by atoms with Gasteiger partial charge >= 0.3 is 0 Å². The van der Waals surface area contributed by atoms with E-state index in [4.69, 9.17) is 11.6 Å². The van der Waals surface area contributed by atoms with Crippen LogP contribution in [-0.2, 0) is 0 Å². The average Bonchev–Trinajstić information content (AvgIpc) is 2.27. The van der Waals surface area contributed by atoms with Crippen molar-refractivity contribution in [1.29, 1.82) is 0 Å². The smallest absolute Gasteiger partial charge is 0.0431 e. The Morgan fingerprint density at radius 3 is 2.80 bits per heavy atom. The van der Waals surface area contributed by atoms with Crippen LogP contribution in [0.2, 0.25) is 0 Å². The first-order valence-corrected chi connectivity index (χ1v) is 6.00. The van der Waals surface area contributed by atoms with Gasteiger partial charge in [-0.1, -0.05) is 29.8 Å². The van der Waals surface area contributed by atoms with E-state index in [0.717, 1.165) is 17.2 Å². The fourth-order valence-corrected chi connectivity index (χ4v) is 1.87. The zero-order valence-electron chi connectivity index (χ0n) is 9.59. The zero-order valence-corrected chi connectivity index (χ0v) is 10.3. The Morgan fingerprint density at radius 2 is 2.20 bits per heavy atom. The third-order valence-corrected chi connectivity index (χ3v) is 3.07. The van der Waals surface area contributed by atoms with Crippen molar-refractivity contribution >= 4 is 11.6 Å². The summed E-state index contributed by atoms with van der Waals surface area (Å²) in [6.45, 7) is 6.29. The summed E-state index contributed by atoms with van der Waals surface area (Å²) in [7, 11) is 0. The molecule has 1 aliphatic heterocycles. The van der Waals surface area contributed by atoms with Crippen molar-refractivity contribution in [2.75, 3.05) is 13.1 Å². The second kappa shape index (κ2) is 6.86. The van der Waals surface area contributed by atoms with Crippen LogP contribution in [-0.4, -0.2) is 13.1 Å². The first kappa shape index (κ1) is 12.5. The van der Waals surface area contributed by atoms with Gasteiger partial charge in [0.15, 0.2) is 0 Å². The van der Waals surface area contributed by atoms with E-state index in [1.165, 1.54) is 19.4 Å². The van der Waals surface area contributed by atoms with Crippen molar-refractivity contribution in [3.63, 3.8) is 0 Å². The predicted octanol–water partition coefficient (Wildman–Crippen LogP) is 3.63. The summed E-state index contributed by atoms with van der Waals surface area (Å²) in [5.41, 5.74) is 1.14. The molecule has 1 rings (SSSR count). The van der Waals surface area contributed by atoms with E-state index in [2.05, 4.69) is 24.4 Å². The first-order chi connectivity index (χ1) is 7.24. The van der Waals surface area contributed by atoms with E-state index in [1.807, 2.05) is 19.1 Å². The van der Waals surface area contributed by atoms with Gasteiger partial charge in [0.1, 0.15) is 0 Å². The molecule has 1 heterocycles. The highest BCUT2D eigenvalue weighted by molar-refractivity contribution is 6.31. The third kappa shape index (κ3) is 4.67.